The molecule has 0 aromatic carbocycles. The van der Waals surface area contributed by atoms with Crippen LogP contribution < -0.4 is 5.32 Å². The minimum absolute atomic E-state index is 0.116. The second-order valence-corrected chi connectivity index (χ2v) is 4.54. The van der Waals surface area contributed by atoms with Crippen molar-refractivity contribution in [2.75, 3.05) is 24.6 Å². The Morgan fingerprint density at radius 3 is 2.64 bits per heavy atom. The van der Waals surface area contributed by atoms with Crippen LogP contribution in [0.1, 0.15) is 6.92 Å². The summed E-state index contributed by atoms with van der Waals surface area (Å²) in [6, 6.07) is 1.87. The van der Waals surface area contributed by atoms with Crippen LogP contribution in [0.5, 0.6) is 0 Å². The summed E-state index contributed by atoms with van der Waals surface area (Å²) in [5.41, 5.74) is 0. The van der Waals surface area contributed by atoms with Crippen molar-refractivity contribution in [2.45, 2.75) is 6.92 Å². The van der Waals surface area contributed by atoms with Gasteiger partial charge in [0.05, 0.1) is 18.4 Å². The van der Waals surface area contributed by atoms with E-state index in [1.54, 1.807) is 6.92 Å². The fraction of sp³-hybridized carbons (Fsp3) is 0.833. The number of hydrogen-bond donors (Lipinski definition) is 1. The van der Waals surface area contributed by atoms with Crippen LogP contribution in [0.15, 0.2) is 0 Å². The average molecular weight is 176 g/mol. The van der Waals surface area contributed by atoms with Crippen LogP contribution in [0.4, 0.5) is 0 Å². The van der Waals surface area contributed by atoms with Gasteiger partial charge in [0, 0.05) is 12.3 Å². The maximum Gasteiger partial charge on any atom is 0.151 e. The van der Waals surface area contributed by atoms with Crippen LogP contribution in [-0.4, -0.2) is 33.0 Å². The molecule has 0 spiro atoms. The lowest BCUT2D eigenvalue weighted by molar-refractivity contribution is 0.594. The molecule has 0 radical (unpaired) electrons. The fourth-order valence-electron chi connectivity index (χ4n) is 0.516. The molecule has 0 unspecified atom stereocenters. The Morgan fingerprint density at radius 2 is 2.18 bits per heavy atom. The minimum Gasteiger partial charge on any atom is -0.303 e. The Bertz CT molecular complexity index is 227. The average Bonchev–Trinajstić information content (AvgIpc) is 1.99. The molecule has 0 aliphatic heterocycles. The zero-order chi connectivity index (χ0) is 8.74. The third-order valence-corrected chi connectivity index (χ3v) is 2.94. The van der Waals surface area contributed by atoms with Crippen molar-refractivity contribution < 1.29 is 8.42 Å². The number of nitrogens with one attached hydrogen (secondary N) is 1. The molecule has 0 bridgehead atoms. The molecule has 0 aromatic heterocycles. The number of sulfone groups is 1. The molecule has 0 heterocycles. The molecule has 0 saturated heterocycles. The summed E-state index contributed by atoms with van der Waals surface area (Å²) >= 11 is 0. The van der Waals surface area contributed by atoms with Gasteiger partial charge >= 0.3 is 0 Å². The molecule has 4 nitrogen and oxygen atoms in total. The van der Waals surface area contributed by atoms with Crippen molar-refractivity contribution in [1.29, 1.82) is 5.26 Å². The summed E-state index contributed by atoms with van der Waals surface area (Å²) in [6.07, 6.45) is 0. The highest BCUT2D eigenvalue weighted by Crippen LogP contribution is 1.86. The molecule has 11 heavy (non-hydrogen) atoms. The lowest BCUT2D eigenvalue weighted by Crippen LogP contribution is -2.23. The highest BCUT2D eigenvalue weighted by atomic mass is 32.2. The molecule has 0 saturated carbocycles. The van der Waals surface area contributed by atoms with Crippen LogP contribution in [0.25, 0.3) is 0 Å². The predicted octanol–water partition coefficient (Wildman–Crippen LogP) is -0.466. The highest BCUT2D eigenvalue weighted by molar-refractivity contribution is 7.91. The fourth-order valence-corrected chi connectivity index (χ4v) is 1.26. The first kappa shape index (κ1) is 10.4. The van der Waals surface area contributed by atoms with Crippen LogP contribution in [-0.2, 0) is 9.84 Å². The van der Waals surface area contributed by atoms with E-state index in [0.29, 0.717) is 6.54 Å². The van der Waals surface area contributed by atoms with Crippen molar-refractivity contribution in [3.63, 3.8) is 0 Å². The van der Waals surface area contributed by atoms with Gasteiger partial charge in [-0.2, -0.15) is 5.26 Å². The van der Waals surface area contributed by atoms with Crippen molar-refractivity contribution in [2.24, 2.45) is 0 Å². The molecule has 64 valence electrons. The van der Waals surface area contributed by atoms with Crippen molar-refractivity contribution in [3.8, 4) is 6.07 Å². The second kappa shape index (κ2) is 5.10. The summed E-state index contributed by atoms with van der Waals surface area (Å²) in [4.78, 5) is 0. The molecule has 0 fully saturated rings. The monoisotopic (exact) mass is 176 g/mol. The zero-order valence-corrected chi connectivity index (χ0v) is 7.32. The molecular weight excluding hydrogens is 164 g/mol. The highest BCUT2D eigenvalue weighted by Gasteiger charge is 2.04. The lowest BCUT2D eigenvalue weighted by atomic mass is 10.6. The Kier molecular flexibility index (Phi) is 4.83. The van der Waals surface area contributed by atoms with Gasteiger partial charge in [-0.15, -0.1) is 0 Å². The first-order valence-corrected chi connectivity index (χ1v) is 5.22. The molecule has 0 aliphatic carbocycles. The lowest BCUT2D eigenvalue weighted by Gasteiger charge is -1.99. The number of nitriles is 1. The third kappa shape index (κ3) is 5.83. The van der Waals surface area contributed by atoms with E-state index < -0.39 is 9.84 Å². The number of nitrogens with zero attached hydrogens (tertiary/aromatic N) is 1. The van der Waals surface area contributed by atoms with E-state index in [1.807, 2.05) is 6.07 Å². The number of rotatable bonds is 5. The van der Waals surface area contributed by atoms with Crippen molar-refractivity contribution >= 4 is 9.84 Å². The molecule has 0 aliphatic rings. The summed E-state index contributed by atoms with van der Waals surface area (Å²) in [7, 11) is -2.87. The van der Waals surface area contributed by atoms with Crippen LogP contribution in [0.2, 0.25) is 0 Å². The standard InChI is InChI=1S/C6H12N2O2S/c1-2-11(9,10)6-5-8-4-3-7/h8H,2,4-6H2,1H3. The van der Waals surface area contributed by atoms with Crippen LogP contribution >= 0.6 is 0 Å². The normalized spacial score (nSPS) is 10.9. The molecule has 0 rings (SSSR count). The summed E-state index contributed by atoms with van der Waals surface area (Å²) < 4.78 is 21.7. The summed E-state index contributed by atoms with van der Waals surface area (Å²) in [5.74, 6) is 0.284. The van der Waals surface area contributed by atoms with E-state index in [2.05, 4.69) is 5.32 Å². The third-order valence-electron chi connectivity index (χ3n) is 1.23. The summed E-state index contributed by atoms with van der Waals surface area (Å²) in [6.45, 7) is 2.18. The van der Waals surface area contributed by atoms with Crippen molar-refractivity contribution in [3.05, 3.63) is 0 Å². The first-order chi connectivity index (χ1) is 5.12. The quantitative estimate of drug-likeness (QED) is 0.454. The van der Waals surface area contributed by atoms with Gasteiger partial charge in [0.1, 0.15) is 0 Å². The van der Waals surface area contributed by atoms with Gasteiger partial charge in [-0.05, 0) is 0 Å². The maximum absolute atomic E-state index is 10.8. The zero-order valence-electron chi connectivity index (χ0n) is 6.50. The van der Waals surface area contributed by atoms with Crippen molar-refractivity contribution in [1.82, 2.24) is 5.32 Å². The Labute approximate surface area is 67.1 Å². The maximum atomic E-state index is 10.8. The topological polar surface area (TPSA) is 70.0 Å². The molecule has 5 heteroatoms. The Hall–Kier alpha value is -0.600. The van der Waals surface area contributed by atoms with Crippen LogP contribution in [0, 0.1) is 11.3 Å². The van der Waals surface area contributed by atoms with Gasteiger partial charge in [0.2, 0.25) is 0 Å². The van der Waals surface area contributed by atoms with E-state index in [-0.39, 0.29) is 18.1 Å². The van der Waals surface area contributed by atoms with E-state index >= 15 is 0 Å². The molecular formula is C6H12N2O2S. The molecule has 0 aromatic rings. The number of hydrogen-bond acceptors (Lipinski definition) is 4. The minimum atomic E-state index is -2.87. The molecule has 0 amide bonds. The van der Waals surface area contributed by atoms with E-state index in [9.17, 15) is 8.42 Å². The predicted molar refractivity (Wildman–Crippen MR) is 42.8 cm³/mol. The van der Waals surface area contributed by atoms with Gasteiger partial charge in [0.15, 0.2) is 9.84 Å². The van der Waals surface area contributed by atoms with E-state index in [0.717, 1.165) is 0 Å². The van der Waals surface area contributed by atoms with Gasteiger partial charge in [-0.3, -0.25) is 0 Å². The van der Waals surface area contributed by atoms with E-state index in [4.69, 9.17) is 5.26 Å². The first-order valence-electron chi connectivity index (χ1n) is 3.40. The Morgan fingerprint density at radius 1 is 1.55 bits per heavy atom. The largest absolute Gasteiger partial charge is 0.303 e. The van der Waals surface area contributed by atoms with Gasteiger partial charge < -0.3 is 5.32 Å². The SMILES string of the molecule is CCS(=O)(=O)CCNCC#N. The van der Waals surface area contributed by atoms with Gasteiger partial charge in [0.25, 0.3) is 0 Å². The van der Waals surface area contributed by atoms with E-state index in [1.165, 1.54) is 0 Å². The molecule has 1 N–H and O–H groups in total. The van der Waals surface area contributed by atoms with Gasteiger partial charge in [-0.1, -0.05) is 6.92 Å². The Balaban J connectivity index is 3.49. The summed E-state index contributed by atoms with van der Waals surface area (Å²) in [5, 5.41) is 10.8. The van der Waals surface area contributed by atoms with Gasteiger partial charge in [-0.25, -0.2) is 8.42 Å². The smallest absolute Gasteiger partial charge is 0.151 e. The van der Waals surface area contributed by atoms with Crippen LogP contribution in [0.3, 0.4) is 0 Å². The molecule has 0 atom stereocenters. The second-order valence-electron chi connectivity index (χ2n) is 2.07.